The maximum atomic E-state index is 11.7. The third-order valence-corrected chi connectivity index (χ3v) is 6.30. The molecule has 0 spiro atoms. The van der Waals surface area contributed by atoms with Crippen molar-refractivity contribution in [1.82, 2.24) is 0 Å². The summed E-state index contributed by atoms with van der Waals surface area (Å²) in [4.78, 5) is 11.6. The van der Waals surface area contributed by atoms with Crippen molar-refractivity contribution in [2.75, 3.05) is 41.3 Å². The molecule has 0 N–H and O–H groups in total. The van der Waals surface area contributed by atoms with E-state index in [0.29, 0.717) is 12.8 Å². The molecule has 0 fully saturated rings. The van der Waals surface area contributed by atoms with Crippen molar-refractivity contribution in [3.05, 3.63) is 35.9 Å². The Bertz CT molecular complexity index is 558. The number of benzene rings is 1. The number of aryl methyl sites for hydroxylation is 1. The second-order valence-electron chi connectivity index (χ2n) is 4.79. The average Bonchev–Trinajstić information content (AvgIpc) is 2.61. The van der Waals surface area contributed by atoms with Gasteiger partial charge in [-0.1, -0.05) is 30.3 Å². The van der Waals surface area contributed by atoms with E-state index >= 15 is 0 Å². The van der Waals surface area contributed by atoms with Crippen molar-refractivity contribution < 1.29 is 32.0 Å². The van der Waals surface area contributed by atoms with Gasteiger partial charge in [0.1, 0.15) is 11.9 Å². The van der Waals surface area contributed by atoms with E-state index in [0.717, 1.165) is 5.56 Å². The first-order chi connectivity index (χ1) is 11.2. The third-order valence-electron chi connectivity index (χ3n) is 3.12. The number of rotatable bonds is 9. The third kappa shape index (κ3) is 10.1. The van der Waals surface area contributed by atoms with Gasteiger partial charge in [-0.15, -0.1) is 0 Å². The zero-order chi connectivity index (χ0) is 18.6. The van der Waals surface area contributed by atoms with Gasteiger partial charge in [-0.25, -0.2) is 0 Å². The number of carbonyl (C=O) groups is 1. The largest absolute Gasteiger partial charge is 0.337 e. The number of Topliss-reactive ketones (excluding diaryl/α,β-unsaturated/α-hetero) is 1. The van der Waals surface area contributed by atoms with Crippen molar-refractivity contribution in [3.8, 4) is 0 Å². The predicted molar refractivity (Wildman–Crippen MR) is 93.8 cm³/mol. The molecule has 0 saturated heterocycles. The average molecular weight is 380 g/mol. The van der Waals surface area contributed by atoms with Crippen LogP contribution in [0.4, 0.5) is 0 Å². The Morgan fingerprint density at radius 2 is 1.42 bits per heavy atom. The second kappa shape index (κ2) is 11.7. The van der Waals surface area contributed by atoms with Crippen LogP contribution in [0.3, 0.4) is 0 Å². The molecule has 0 amide bonds. The number of ketones is 1. The van der Waals surface area contributed by atoms with Crippen LogP contribution in [0, 0.1) is 0 Å². The summed E-state index contributed by atoms with van der Waals surface area (Å²) in [5, 5.41) is 0. The lowest BCUT2D eigenvalue weighted by Gasteiger charge is -2.12. The second-order valence-corrected chi connectivity index (χ2v) is 9.34. The highest BCUT2D eigenvalue weighted by molar-refractivity contribution is 7.54. The van der Waals surface area contributed by atoms with Crippen LogP contribution in [0.15, 0.2) is 30.3 Å². The smallest absolute Gasteiger partial charge is 0.312 e. The van der Waals surface area contributed by atoms with Crippen molar-refractivity contribution in [3.63, 3.8) is 0 Å². The van der Waals surface area contributed by atoms with Gasteiger partial charge in [-0.3, -0.25) is 13.9 Å². The number of hydrogen-bond donors (Lipinski definition) is 0. The standard InChI is InChI=1S/C12H17O4P.C3H9O3P/c1-15-17(14,16-2)10-12(13)9-8-11-6-4-3-5-7-11;1-5-7(3,4)6-2/h3-7H,8-10H2,1-2H3;1-3H3. The van der Waals surface area contributed by atoms with Crippen LogP contribution < -0.4 is 0 Å². The Kier molecular flexibility index (Phi) is 11.3. The predicted octanol–water partition coefficient (Wildman–Crippen LogP) is 3.78. The van der Waals surface area contributed by atoms with Crippen LogP contribution in [-0.4, -0.2) is 47.0 Å². The Morgan fingerprint density at radius 1 is 0.917 bits per heavy atom. The maximum absolute atomic E-state index is 11.7. The molecule has 1 aromatic rings. The number of carbonyl (C=O) groups excluding carboxylic acids is 1. The van der Waals surface area contributed by atoms with Crippen molar-refractivity contribution in [2.45, 2.75) is 12.8 Å². The summed E-state index contributed by atoms with van der Waals surface area (Å²) < 4.78 is 40.5. The van der Waals surface area contributed by atoms with E-state index in [1.807, 2.05) is 30.3 Å². The van der Waals surface area contributed by atoms with Crippen molar-refractivity contribution >= 4 is 21.0 Å². The van der Waals surface area contributed by atoms with Crippen LogP contribution in [0.2, 0.25) is 0 Å². The van der Waals surface area contributed by atoms with E-state index in [4.69, 9.17) is 9.05 Å². The summed E-state index contributed by atoms with van der Waals surface area (Å²) in [6.07, 6.45) is 0.834. The summed E-state index contributed by atoms with van der Waals surface area (Å²) >= 11 is 0. The normalized spacial score (nSPS) is 11.5. The topological polar surface area (TPSA) is 88.1 Å². The van der Waals surface area contributed by atoms with Crippen molar-refractivity contribution in [2.24, 2.45) is 0 Å². The van der Waals surface area contributed by atoms with Gasteiger partial charge in [0.15, 0.2) is 0 Å². The molecule has 24 heavy (non-hydrogen) atoms. The van der Waals surface area contributed by atoms with Gasteiger partial charge in [0, 0.05) is 41.5 Å². The summed E-state index contributed by atoms with van der Waals surface area (Å²) in [7, 11) is -0.587. The summed E-state index contributed by atoms with van der Waals surface area (Å²) in [6.45, 7) is 1.41. The first-order valence-corrected chi connectivity index (χ1v) is 10.9. The van der Waals surface area contributed by atoms with E-state index < -0.39 is 15.2 Å². The quantitative estimate of drug-likeness (QED) is 0.603. The van der Waals surface area contributed by atoms with Gasteiger partial charge >= 0.3 is 15.2 Å². The molecular formula is C15H26O7P2. The van der Waals surface area contributed by atoms with Crippen LogP contribution in [0.1, 0.15) is 12.0 Å². The minimum atomic E-state index is -3.21. The Hall–Kier alpha value is -0.810. The lowest BCUT2D eigenvalue weighted by atomic mass is 10.1. The first kappa shape index (κ1) is 23.2. The van der Waals surface area contributed by atoms with Gasteiger partial charge in [-0.2, -0.15) is 0 Å². The maximum Gasteiger partial charge on any atom is 0.337 e. The molecule has 0 saturated carbocycles. The molecule has 7 nitrogen and oxygen atoms in total. The molecule has 9 heteroatoms. The molecule has 0 aromatic heterocycles. The SMILES string of the molecule is COP(=O)(CC(=O)CCc1ccccc1)OC.COP(C)(=O)OC. The highest BCUT2D eigenvalue weighted by Crippen LogP contribution is 2.46. The fourth-order valence-electron chi connectivity index (χ4n) is 1.50. The minimum absolute atomic E-state index is 0.110. The first-order valence-electron chi connectivity index (χ1n) is 7.17. The fourth-order valence-corrected chi connectivity index (χ4v) is 2.65. The van der Waals surface area contributed by atoms with E-state index in [2.05, 4.69) is 9.05 Å². The molecule has 0 aliphatic rings. The highest BCUT2D eigenvalue weighted by Gasteiger charge is 2.24. The molecule has 0 radical (unpaired) electrons. The summed E-state index contributed by atoms with van der Waals surface area (Å²) in [5.74, 6) is -0.110. The molecule has 1 rings (SSSR count). The Morgan fingerprint density at radius 3 is 1.79 bits per heavy atom. The molecule has 0 aliphatic carbocycles. The van der Waals surface area contributed by atoms with E-state index in [-0.39, 0.29) is 11.9 Å². The molecule has 0 atom stereocenters. The molecule has 0 bridgehead atoms. The Labute approximate surface area is 143 Å². The van der Waals surface area contributed by atoms with Crippen LogP contribution in [0.5, 0.6) is 0 Å². The van der Waals surface area contributed by atoms with E-state index in [1.54, 1.807) is 0 Å². The molecule has 138 valence electrons. The summed E-state index contributed by atoms with van der Waals surface area (Å²) in [5.41, 5.74) is 1.09. The summed E-state index contributed by atoms with van der Waals surface area (Å²) in [6, 6.07) is 9.69. The zero-order valence-electron chi connectivity index (χ0n) is 14.8. The zero-order valence-corrected chi connectivity index (χ0v) is 16.5. The van der Waals surface area contributed by atoms with Gasteiger partial charge in [0.25, 0.3) is 0 Å². The Balaban J connectivity index is 0.000000640. The molecule has 0 unspecified atom stereocenters. The van der Waals surface area contributed by atoms with Crippen LogP contribution in [0.25, 0.3) is 0 Å². The molecular weight excluding hydrogens is 354 g/mol. The minimum Gasteiger partial charge on any atom is -0.312 e. The lowest BCUT2D eigenvalue weighted by Crippen LogP contribution is -2.08. The fraction of sp³-hybridized carbons (Fsp3) is 0.533. The van der Waals surface area contributed by atoms with Gasteiger partial charge in [0.2, 0.25) is 0 Å². The molecule has 0 aliphatic heterocycles. The van der Waals surface area contributed by atoms with E-state index in [1.165, 1.54) is 35.1 Å². The number of hydrogen-bond acceptors (Lipinski definition) is 7. The molecule has 0 heterocycles. The van der Waals surface area contributed by atoms with Crippen molar-refractivity contribution in [1.29, 1.82) is 0 Å². The van der Waals surface area contributed by atoms with Gasteiger partial charge in [0.05, 0.1) is 0 Å². The van der Waals surface area contributed by atoms with Gasteiger partial charge < -0.3 is 18.1 Å². The van der Waals surface area contributed by atoms with Crippen LogP contribution >= 0.6 is 15.2 Å². The van der Waals surface area contributed by atoms with Gasteiger partial charge in [-0.05, 0) is 12.0 Å². The van der Waals surface area contributed by atoms with E-state index in [9.17, 15) is 13.9 Å². The monoisotopic (exact) mass is 380 g/mol. The lowest BCUT2D eigenvalue weighted by molar-refractivity contribution is -0.116. The highest BCUT2D eigenvalue weighted by atomic mass is 31.2. The molecule has 1 aromatic carbocycles. The van der Waals surface area contributed by atoms with Crippen LogP contribution in [-0.2, 0) is 38.4 Å².